The SMILES string of the molecule is CC12CCCC(=O)N1c1cncnc1N2. The number of piperidine rings is 1. The van der Waals surface area contributed by atoms with Gasteiger partial charge >= 0.3 is 0 Å². The van der Waals surface area contributed by atoms with Gasteiger partial charge in [0.25, 0.3) is 0 Å². The molecular formula is C10H12N4O. The fourth-order valence-corrected chi connectivity index (χ4v) is 2.44. The van der Waals surface area contributed by atoms with Gasteiger partial charge in [-0.15, -0.1) is 0 Å². The minimum absolute atomic E-state index is 0.157. The van der Waals surface area contributed by atoms with E-state index >= 15 is 0 Å². The summed E-state index contributed by atoms with van der Waals surface area (Å²) in [5, 5.41) is 3.30. The summed E-state index contributed by atoms with van der Waals surface area (Å²) >= 11 is 0. The van der Waals surface area contributed by atoms with Gasteiger partial charge in [-0.25, -0.2) is 9.97 Å². The van der Waals surface area contributed by atoms with E-state index < -0.39 is 0 Å². The summed E-state index contributed by atoms with van der Waals surface area (Å²) in [6.45, 7) is 2.03. The Kier molecular flexibility index (Phi) is 1.55. The lowest BCUT2D eigenvalue weighted by Crippen LogP contribution is -2.54. The molecule has 1 aromatic rings. The number of amides is 1. The highest BCUT2D eigenvalue weighted by atomic mass is 16.2. The quantitative estimate of drug-likeness (QED) is 0.688. The monoisotopic (exact) mass is 204 g/mol. The lowest BCUT2D eigenvalue weighted by Gasteiger charge is -2.38. The van der Waals surface area contributed by atoms with Crippen LogP contribution in [0.5, 0.6) is 0 Å². The van der Waals surface area contributed by atoms with Crippen LogP contribution in [-0.4, -0.2) is 21.5 Å². The van der Waals surface area contributed by atoms with E-state index in [1.165, 1.54) is 6.33 Å². The smallest absolute Gasteiger partial charge is 0.229 e. The largest absolute Gasteiger partial charge is 0.345 e. The van der Waals surface area contributed by atoms with Gasteiger partial charge in [0.15, 0.2) is 5.82 Å². The number of carbonyl (C=O) groups excluding carboxylic acids is 1. The van der Waals surface area contributed by atoms with Crippen LogP contribution >= 0.6 is 0 Å². The standard InChI is InChI=1S/C10H12N4O/c1-10-4-2-3-8(15)14(10)7-5-11-6-12-9(7)13-10/h5-6H,2-4H2,1H3,(H,11,12,13). The van der Waals surface area contributed by atoms with Gasteiger partial charge in [0.1, 0.15) is 17.7 Å². The molecule has 0 radical (unpaired) electrons. The molecule has 5 nitrogen and oxygen atoms in total. The van der Waals surface area contributed by atoms with Crippen molar-refractivity contribution < 1.29 is 4.79 Å². The molecule has 78 valence electrons. The molecule has 1 fully saturated rings. The van der Waals surface area contributed by atoms with E-state index in [1.54, 1.807) is 11.1 Å². The Hall–Kier alpha value is -1.65. The minimum Gasteiger partial charge on any atom is -0.345 e. The van der Waals surface area contributed by atoms with Crippen molar-refractivity contribution in [2.45, 2.75) is 31.8 Å². The molecule has 3 rings (SSSR count). The molecule has 0 aromatic carbocycles. The van der Waals surface area contributed by atoms with Crippen molar-refractivity contribution in [1.29, 1.82) is 0 Å². The highest BCUT2D eigenvalue weighted by molar-refractivity contribution is 6.01. The number of nitrogens with one attached hydrogen (secondary N) is 1. The van der Waals surface area contributed by atoms with Gasteiger partial charge in [-0.1, -0.05) is 0 Å². The molecule has 15 heavy (non-hydrogen) atoms. The fraction of sp³-hybridized carbons (Fsp3) is 0.500. The summed E-state index contributed by atoms with van der Waals surface area (Å²) in [4.78, 5) is 21.8. The Bertz CT molecular complexity index is 433. The number of rotatable bonds is 0. The summed E-state index contributed by atoms with van der Waals surface area (Å²) in [6.07, 6.45) is 5.70. The number of nitrogens with zero attached hydrogens (tertiary/aromatic N) is 3. The zero-order chi connectivity index (χ0) is 10.5. The third kappa shape index (κ3) is 1.06. The first-order valence-electron chi connectivity index (χ1n) is 5.12. The van der Waals surface area contributed by atoms with Gasteiger partial charge in [-0.3, -0.25) is 9.69 Å². The molecule has 2 aliphatic rings. The van der Waals surface area contributed by atoms with Gasteiger partial charge < -0.3 is 5.32 Å². The Morgan fingerprint density at radius 1 is 1.60 bits per heavy atom. The zero-order valence-corrected chi connectivity index (χ0v) is 8.53. The van der Waals surface area contributed by atoms with Gasteiger partial charge in [-0.05, 0) is 19.8 Å². The molecule has 1 N–H and O–H groups in total. The highest BCUT2D eigenvalue weighted by Gasteiger charge is 2.46. The van der Waals surface area contributed by atoms with Crippen molar-refractivity contribution in [2.75, 3.05) is 10.2 Å². The maximum Gasteiger partial charge on any atom is 0.229 e. The second-order valence-electron chi connectivity index (χ2n) is 4.24. The van der Waals surface area contributed by atoms with E-state index in [9.17, 15) is 4.79 Å². The topological polar surface area (TPSA) is 58.1 Å². The van der Waals surface area contributed by atoms with Gasteiger partial charge in [0, 0.05) is 6.42 Å². The van der Waals surface area contributed by atoms with E-state index in [0.29, 0.717) is 6.42 Å². The second kappa shape index (κ2) is 2.68. The van der Waals surface area contributed by atoms with E-state index in [-0.39, 0.29) is 11.6 Å². The molecule has 1 unspecified atom stereocenters. The molecule has 1 atom stereocenters. The predicted octanol–water partition coefficient (Wildman–Crippen LogP) is 1.14. The molecule has 0 spiro atoms. The van der Waals surface area contributed by atoms with Crippen molar-refractivity contribution in [2.24, 2.45) is 0 Å². The van der Waals surface area contributed by atoms with Crippen molar-refractivity contribution in [1.82, 2.24) is 9.97 Å². The minimum atomic E-state index is -0.298. The van der Waals surface area contributed by atoms with Crippen LogP contribution in [0.1, 0.15) is 26.2 Å². The molecule has 1 aromatic heterocycles. The average Bonchev–Trinajstić information content (AvgIpc) is 2.50. The Morgan fingerprint density at radius 3 is 3.33 bits per heavy atom. The second-order valence-corrected chi connectivity index (χ2v) is 4.24. The summed E-state index contributed by atoms with van der Waals surface area (Å²) < 4.78 is 0. The third-order valence-electron chi connectivity index (χ3n) is 3.12. The maximum absolute atomic E-state index is 11.9. The maximum atomic E-state index is 11.9. The fourth-order valence-electron chi connectivity index (χ4n) is 2.44. The number of fused-ring (bicyclic) bond motifs is 3. The Morgan fingerprint density at radius 2 is 2.47 bits per heavy atom. The summed E-state index contributed by atoms with van der Waals surface area (Å²) in [5.74, 6) is 0.924. The molecule has 1 saturated heterocycles. The average molecular weight is 204 g/mol. The molecule has 1 amide bonds. The van der Waals surface area contributed by atoms with Crippen LogP contribution in [0.15, 0.2) is 12.5 Å². The summed E-state index contributed by atoms with van der Waals surface area (Å²) in [7, 11) is 0. The summed E-state index contributed by atoms with van der Waals surface area (Å²) in [5.41, 5.74) is 0.512. The summed E-state index contributed by atoms with van der Waals surface area (Å²) in [6, 6.07) is 0. The molecule has 0 saturated carbocycles. The lowest BCUT2D eigenvalue weighted by atomic mass is 9.98. The van der Waals surface area contributed by atoms with E-state index in [2.05, 4.69) is 15.3 Å². The predicted molar refractivity (Wildman–Crippen MR) is 55.4 cm³/mol. The van der Waals surface area contributed by atoms with Crippen LogP contribution in [0, 0.1) is 0 Å². The van der Waals surface area contributed by atoms with E-state index in [4.69, 9.17) is 0 Å². The van der Waals surface area contributed by atoms with Crippen molar-refractivity contribution in [3.05, 3.63) is 12.5 Å². The molecule has 0 bridgehead atoms. The molecule has 5 heteroatoms. The van der Waals surface area contributed by atoms with Crippen molar-refractivity contribution in [3.8, 4) is 0 Å². The number of anilines is 2. The first-order valence-corrected chi connectivity index (χ1v) is 5.12. The molecule has 2 aliphatic heterocycles. The highest BCUT2D eigenvalue weighted by Crippen LogP contribution is 2.42. The van der Waals surface area contributed by atoms with Crippen LogP contribution in [0.4, 0.5) is 11.5 Å². The van der Waals surface area contributed by atoms with Crippen LogP contribution in [0.2, 0.25) is 0 Å². The Balaban J connectivity index is 2.13. The van der Waals surface area contributed by atoms with E-state index in [1.807, 2.05) is 6.92 Å². The van der Waals surface area contributed by atoms with Crippen LogP contribution < -0.4 is 10.2 Å². The van der Waals surface area contributed by atoms with Crippen LogP contribution in [-0.2, 0) is 4.79 Å². The van der Waals surface area contributed by atoms with Gasteiger partial charge in [0.2, 0.25) is 5.91 Å². The molecule has 3 heterocycles. The van der Waals surface area contributed by atoms with Gasteiger partial charge in [0.05, 0.1) is 6.20 Å². The number of carbonyl (C=O) groups is 1. The van der Waals surface area contributed by atoms with Crippen molar-refractivity contribution in [3.63, 3.8) is 0 Å². The molecule has 0 aliphatic carbocycles. The normalized spacial score (nSPS) is 28.3. The number of hydrogen-bond acceptors (Lipinski definition) is 4. The third-order valence-corrected chi connectivity index (χ3v) is 3.12. The van der Waals surface area contributed by atoms with Crippen LogP contribution in [0.3, 0.4) is 0 Å². The van der Waals surface area contributed by atoms with Gasteiger partial charge in [-0.2, -0.15) is 0 Å². The van der Waals surface area contributed by atoms with E-state index in [0.717, 1.165) is 24.3 Å². The number of hydrogen-bond donors (Lipinski definition) is 1. The lowest BCUT2D eigenvalue weighted by molar-refractivity contribution is -0.120. The number of aromatic nitrogens is 2. The first-order chi connectivity index (χ1) is 7.21. The Labute approximate surface area is 87.5 Å². The first kappa shape index (κ1) is 8.64. The molecular weight excluding hydrogens is 192 g/mol. The zero-order valence-electron chi connectivity index (χ0n) is 8.53. The van der Waals surface area contributed by atoms with Crippen molar-refractivity contribution >= 4 is 17.4 Å². The van der Waals surface area contributed by atoms with Crippen LogP contribution in [0.25, 0.3) is 0 Å².